The third-order valence-corrected chi connectivity index (χ3v) is 4.93. The van der Waals surface area contributed by atoms with E-state index in [1.165, 1.54) is 0 Å². The Labute approximate surface area is 163 Å². The first kappa shape index (κ1) is 18.9. The number of fused-ring (bicyclic) bond motifs is 1. The fourth-order valence-corrected chi connectivity index (χ4v) is 3.44. The molecule has 2 aromatic rings. The normalized spacial score (nSPS) is 14.0. The molecule has 0 aliphatic carbocycles. The minimum atomic E-state index is -0.0334. The summed E-state index contributed by atoms with van der Waals surface area (Å²) in [6.45, 7) is 2.89. The highest BCUT2D eigenvalue weighted by atomic mass is 35.5. The second-order valence-electron chi connectivity index (χ2n) is 6.25. The molecule has 0 spiro atoms. The standard InChI is InChI=1S/C20H21Cl2N3O/c1-2-3-4-7-12-25-16-10-11-17(22)24-20(16)19(23-13-18(25)26)14-8-5-6-9-15(14)21/h5-6,8-11H,2-4,7,12-13H2,1H3. The van der Waals surface area contributed by atoms with Crippen molar-refractivity contribution < 1.29 is 4.79 Å². The molecule has 1 aromatic heterocycles. The number of anilines is 1. The number of aliphatic imine (C=N–C) groups is 1. The van der Waals surface area contributed by atoms with E-state index >= 15 is 0 Å². The van der Waals surface area contributed by atoms with Gasteiger partial charge < -0.3 is 4.90 Å². The molecule has 6 heteroatoms. The molecular formula is C20H21Cl2N3O. The van der Waals surface area contributed by atoms with Crippen LogP contribution in [0.15, 0.2) is 41.4 Å². The lowest BCUT2D eigenvalue weighted by molar-refractivity contribution is -0.117. The van der Waals surface area contributed by atoms with Crippen molar-refractivity contribution in [2.45, 2.75) is 32.6 Å². The van der Waals surface area contributed by atoms with Crippen LogP contribution in [0.2, 0.25) is 10.2 Å². The van der Waals surface area contributed by atoms with E-state index in [-0.39, 0.29) is 12.5 Å². The zero-order chi connectivity index (χ0) is 18.5. The summed E-state index contributed by atoms with van der Waals surface area (Å²) in [5.41, 5.74) is 2.71. The van der Waals surface area contributed by atoms with Crippen molar-refractivity contribution in [2.75, 3.05) is 18.0 Å². The molecule has 0 saturated carbocycles. The molecule has 136 valence electrons. The maximum absolute atomic E-state index is 12.7. The number of carbonyl (C=O) groups is 1. The summed E-state index contributed by atoms with van der Waals surface area (Å²) in [5, 5.41) is 0.937. The predicted octanol–water partition coefficient (Wildman–Crippen LogP) is 5.15. The van der Waals surface area contributed by atoms with Gasteiger partial charge in [0, 0.05) is 12.1 Å². The van der Waals surface area contributed by atoms with Crippen LogP contribution in [-0.2, 0) is 4.79 Å². The number of pyridine rings is 1. The van der Waals surface area contributed by atoms with Gasteiger partial charge in [-0.25, -0.2) is 4.98 Å². The highest BCUT2D eigenvalue weighted by molar-refractivity contribution is 6.36. The average molecular weight is 390 g/mol. The number of aromatic nitrogens is 1. The van der Waals surface area contributed by atoms with Gasteiger partial charge in [0.05, 0.1) is 16.4 Å². The van der Waals surface area contributed by atoms with Gasteiger partial charge in [-0.2, -0.15) is 0 Å². The monoisotopic (exact) mass is 389 g/mol. The van der Waals surface area contributed by atoms with E-state index < -0.39 is 0 Å². The van der Waals surface area contributed by atoms with Crippen molar-refractivity contribution >= 4 is 40.5 Å². The number of rotatable bonds is 6. The number of benzene rings is 1. The molecule has 0 saturated heterocycles. The molecule has 0 atom stereocenters. The minimum Gasteiger partial charge on any atom is -0.309 e. The van der Waals surface area contributed by atoms with Gasteiger partial charge >= 0.3 is 0 Å². The molecular weight excluding hydrogens is 369 g/mol. The van der Waals surface area contributed by atoms with Crippen LogP contribution in [0, 0.1) is 0 Å². The summed E-state index contributed by atoms with van der Waals surface area (Å²) in [6.07, 6.45) is 4.36. The molecule has 1 aromatic carbocycles. The Balaban J connectivity index is 2.02. The number of amides is 1. The minimum absolute atomic E-state index is 0.0334. The van der Waals surface area contributed by atoms with Crippen LogP contribution < -0.4 is 4.90 Å². The number of unbranched alkanes of at least 4 members (excludes halogenated alkanes) is 3. The zero-order valence-corrected chi connectivity index (χ0v) is 16.2. The lowest BCUT2D eigenvalue weighted by atomic mass is 10.0. The Hall–Kier alpha value is -1.91. The quantitative estimate of drug-likeness (QED) is 0.506. The number of halogens is 2. The smallest absolute Gasteiger partial charge is 0.248 e. The lowest BCUT2D eigenvalue weighted by Gasteiger charge is -2.22. The van der Waals surface area contributed by atoms with Crippen molar-refractivity contribution in [1.29, 1.82) is 0 Å². The van der Waals surface area contributed by atoms with Crippen molar-refractivity contribution in [2.24, 2.45) is 4.99 Å². The highest BCUT2D eigenvalue weighted by Crippen LogP contribution is 2.29. The Bertz CT molecular complexity index is 836. The van der Waals surface area contributed by atoms with Crippen LogP contribution in [0.5, 0.6) is 0 Å². The van der Waals surface area contributed by atoms with Crippen LogP contribution in [-0.4, -0.2) is 29.7 Å². The first-order valence-corrected chi connectivity index (χ1v) is 9.64. The highest BCUT2D eigenvalue weighted by Gasteiger charge is 2.27. The van der Waals surface area contributed by atoms with Gasteiger partial charge in [-0.3, -0.25) is 9.79 Å². The van der Waals surface area contributed by atoms with Crippen LogP contribution in [0.4, 0.5) is 5.69 Å². The molecule has 1 aliphatic rings. The third-order valence-electron chi connectivity index (χ3n) is 4.39. The molecule has 3 rings (SSSR count). The lowest BCUT2D eigenvalue weighted by Crippen LogP contribution is -2.33. The van der Waals surface area contributed by atoms with Crippen molar-refractivity contribution in [3.63, 3.8) is 0 Å². The first-order chi connectivity index (χ1) is 12.6. The first-order valence-electron chi connectivity index (χ1n) is 8.88. The Kier molecular flexibility index (Phi) is 6.28. The second kappa shape index (κ2) is 8.65. The van der Waals surface area contributed by atoms with E-state index in [2.05, 4.69) is 16.9 Å². The van der Waals surface area contributed by atoms with E-state index in [1.807, 2.05) is 24.3 Å². The number of carbonyl (C=O) groups excluding carboxylic acids is 1. The summed E-state index contributed by atoms with van der Waals surface area (Å²) in [5.74, 6) is -0.0334. The number of nitrogens with zero attached hydrogens (tertiary/aromatic N) is 3. The van der Waals surface area contributed by atoms with Crippen molar-refractivity contribution in [1.82, 2.24) is 4.98 Å². The van der Waals surface area contributed by atoms with Crippen LogP contribution >= 0.6 is 23.2 Å². The van der Waals surface area contributed by atoms with Gasteiger partial charge in [-0.05, 0) is 24.6 Å². The molecule has 0 N–H and O–H groups in total. The molecule has 0 bridgehead atoms. The summed E-state index contributed by atoms with van der Waals surface area (Å²) < 4.78 is 0. The third kappa shape index (κ3) is 4.08. The molecule has 0 unspecified atom stereocenters. The van der Waals surface area contributed by atoms with Gasteiger partial charge in [-0.15, -0.1) is 0 Å². The Morgan fingerprint density at radius 3 is 2.65 bits per heavy atom. The van der Waals surface area contributed by atoms with Crippen LogP contribution in [0.25, 0.3) is 0 Å². The Morgan fingerprint density at radius 1 is 1.08 bits per heavy atom. The van der Waals surface area contributed by atoms with E-state index in [0.29, 0.717) is 28.1 Å². The van der Waals surface area contributed by atoms with Gasteiger partial charge in [-0.1, -0.05) is 67.6 Å². The van der Waals surface area contributed by atoms with Gasteiger partial charge in [0.15, 0.2) is 0 Å². The summed E-state index contributed by atoms with van der Waals surface area (Å²) >= 11 is 12.5. The van der Waals surface area contributed by atoms with Gasteiger partial charge in [0.1, 0.15) is 17.4 Å². The zero-order valence-electron chi connectivity index (χ0n) is 14.7. The predicted molar refractivity (Wildman–Crippen MR) is 108 cm³/mol. The summed E-state index contributed by atoms with van der Waals surface area (Å²) in [4.78, 5) is 23.5. The molecule has 0 radical (unpaired) electrons. The Morgan fingerprint density at radius 2 is 1.88 bits per heavy atom. The van der Waals surface area contributed by atoms with Crippen molar-refractivity contribution in [3.05, 3.63) is 57.8 Å². The molecule has 1 amide bonds. The summed E-state index contributed by atoms with van der Waals surface area (Å²) in [6, 6.07) is 11.0. The second-order valence-corrected chi connectivity index (χ2v) is 7.05. The van der Waals surface area contributed by atoms with E-state index in [4.69, 9.17) is 23.2 Å². The molecule has 0 fully saturated rings. The van der Waals surface area contributed by atoms with E-state index in [9.17, 15) is 4.79 Å². The maximum atomic E-state index is 12.7. The van der Waals surface area contributed by atoms with Crippen molar-refractivity contribution in [3.8, 4) is 0 Å². The summed E-state index contributed by atoms with van der Waals surface area (Å²) in [7, 11) is 0. The average Bonchev–Trinajstić information content (AvgIpc) is 2.76. The number of hydrogen-bond acceptors (Lipinski definition) is 3. The SMILES string of the molecule is CCCCCCN1C(=O)CN=C(c2ccccc2Cl)c2nc(Cl)ccc21. The van der Waals surface area contributed by atoms with E-state index in [1.54, 1.807) is 17.0 Å². The van der Waals surface area contributed by atoms with Crippen LogP contribution in [0.1, 0.15) is 43.9 Å². The largest absolute Gasteiger partial charge is 0.309 e. The van der Waals surface area contributed by atoms with Gasteiger partial charge in [0.2, 0.25) is 5.91 Å². The topological polar surface area (TPSA) is 45.6 Å². The molecule has 4 nitrogen and oxygen atoms in total. The fourth-order valence-electron chi connectivity index (χ4n) is 3.07. The molecule has 26 heavy (non-hydrogen) atoms. The van der Waals surface area contributed by atoms with Crippen LogP contribution in [0.3, 0.4) is 0 Å². The number of hydrogen-bond donors (Lipinski definition) is 0. The maximum Gasteiger partial charge on any atom is 0.248 e. The fraction of sp³-hybridized carbons (Fsp3) is 0.350. The molecule has 1 aliphatic heterocycles. The van der Waals surface area contributed by atoms with Gasteiger partial charge in [0.25, 0.3) is 0 Å². The van der Waals surface area contributed by atoms with E-state index in [0.717, 1.165) is 36.9 Å². The molecule has 2 heterocycles.